The van der Waals surface area contributed by atoms with Gasteiger partial charge in [-0.05, 0) is 20.8 Å². The van der Waals surface area contributed by atoms with Crippen LogP contribution in [-0.4, -0.2) is 52.1 Å². The van der Waals surface area contributed by atoms with Crippen LogP contribution in [0.3, 0.4) is 0 Å². The zero-order chi connectivity index (χ0) is 20.8. The number of carbonyl (C=O) groups excluding carboxylic acids is 3. The smallest absolute Gasteiger partial charge is 0.340 e. The second kappa shape index (κ2) is 9.36. The molecule has 0 spiro atoms. The molecule has 2 N–H and O–H groups in total. The van der Waals surface area contributed by atoms with E-state index in [9.17, 15) is 19.2 Å². The van der Waals surface area contributed by atoms with Crippen molar-refractivity contribution in [3.05, 3.63) is 44.6 Å². The SMILES string of the molecule is CCOC(=O)c1c(C)[nH]c(C)c1C(=O)CSc1nc(CC(=O)OC)cc(=O)[nH]1. The Balaban J connectivity index is 2.20. The molecule has 0 amide bonds. The normalized spacial score (nSPS) is 10.6. The van der Waals surface area contributed by atoms with Gasteiger partial charge >= 0.3 is 11.9 Å². The first-order chi connectivity index (χ1) is 13.3. The summed E-state index contributed by atoms with van der Waals surface area (Å²) in [5.41, 5.74) is 1.39. The highest BCUT2D eigenvalue weighted by atomic mass is 32.2. The Morgan fingerprint density at radius 1 is 1.14 bits per heavy atom. The second-order valence-electron chi connectivity index (χ2n) is 5.85. The molecule has 150 valence electrons. The Kier molecular flexibility index (Phi) is 7.16. The van der Waals surface area contributed by atoms with Gasteiger partial charge in [0.2, 0.25) is 0 Å². The number of aryl methyl sites for hydroxylation is 2. The first kappa shape index (κ1) is 21.4. The average molecular weight is 407 g/mol. The summed E-state index contributed by atoms with van der Waals surface area (Å²) in [5.74, 6) is -1.46. The summed E-state index contributed by atoms with van der Waals surface area (Å²) < 4.78 is 9.59. The summed E-state index contributed by atoms with van der Waals surface area (Å²) in [6.07, 6.45) is -0.148. The van der Waals surface area contributed by atoms with Crippen LogP contribution >= 0.6 is 11.8 Å². The Bertz CT molecular complexity index is 963. The number of H-pyrrole nitrogens is 2. The summed E-state index contributed by atoms with van der Waals surface area (Å²) in [6, 6.07) is 1.20. The second-order valence-corrected chi connectivity index (χ2v) is 6.82. The van der Waals surface area contributed by atoms with Crippen LogP contribution in [0.1, 0.15) is 44.7 Å². The zero-order valence-electron chi connectivity index (χ0n) is 16.0. The first-order valence-corrected chi connectivity index (χ1v) is 9.44. The van der Waals surface area contributed by atoms with E-state index >= 15 is 0 Å². The first-order valence-electron chi connectivity index (χ1n) is 8.46. The fraction of sp³-hybridized carbons (Fsp3) is 0.389. The predicted molar refractivity (Wildman–Crippen MR) is 102 cm³/mol. The predicted octanol–water partition coefficient (Wildman–Crippen LogP) is 1.58. The highest BCUT2D eigenvalue weighted by Gasteiger charge is 2.25. The van der Waals surface area contributed by atoms with Crippen LogP contribution in [0.2, 0.25) is 0 Å². The molecule has 0 aliphatic heterocycles. The molecule has 0 unspecified atom stereocenters. The van der Waals surface area contributed by atoms with Crippen molar-refractivity contribution in [1.29, 1.82) is 0 Å². The average Bonchev–Trinajstić information content (AvgIpc) is 2.93. The number of nitrogens with zero attached hydrogens (tertiary/aromatic N) is 1. The lowest BCUT2D eigenvalue weighted by atomic mass is 10.1. The number of aromatic nitrogens is 3. The van der Waals surface area contributed by atoms with Gasteiger partial charge in [0.15, 0.2) is 10.9 Å². The van der Waals surface area contributed by atoms with Gasteiger partial charge in [0.1, 0.15) is 0 Å². The maximum Gasteiger partial charge on any atom is 0.340 e. The van der Waals surface area contributed by atoms with Crippen molar-refractivity contribution in [2.75, 3.05) is 19.5 Å². The number of rotatable bonds is 8. The number of aromatic amines is 2. The van der Waals surface area contributed by atoms with Crippen molar-refractivity contribution in [2.45, 2.75) is 32.3 Å². The van der Waals surface area contributed by atoms with E-state index in [0.29, 0.717) is 11.4 Å². The van der Waals surface area contributed by atoms with Crippen LogP contribution in [0.25, 0.3) is 0 Å². The lowest BCUT2D eigenvalue weighted by molar-refractivity contribution is -0.139. The van der Waals surface area contributed by atoms with Gasteiger partial charge in [0.05, 0.1) is 42.7 Å². The molecule has 0 saturated heterocycles. The standard InChI is InChI=1S/C18H21N3O6S/c1-5-27-17(25)16-10(3)19-9(2)15(16)12(22)8-28-18-20-11(6-13(23)21-18)7-14(24)26-4/h6,19H,5,7-8H2,1-4H3,(H,20,21,23). The van der Waals surface area contributed by atoms with Crippen molar-refractivity contribution in [2.24, 2.45) is 0 Å². The van der Waals surface area contributed by atoms with Gasteiger partial charge < -0.3 is 19.4 Å². The number of nitrogens with one attached hydrogen (secondary N) is 2. The molecule has 28 heavy (non-hydrogen) atoms. The van der Waals surface area contributed by atoms with E-state index < -0.39 is 17.5 Å². The summed E-state index contributed by atoms with van der Waals surface area (Å²) in [5, 5.41) is 0.197. The van der Waals surface area contributed by atoms with E-state index in [2.05, 4.69) is 19.7 Å². The Hall–Kier alpha value is -2.88. The molecule has 0 bridgehead atoms. The number of esters is 2. The van der Waals surface area contributed by atoms with Crippen molar-refractivity contribution in [3.8, 4) is 0 Å². The molecule has 2 aromatic heterocycles. The summed E-state index contributed by atoms with van der Waals surface area (Å²) >= 11 is 1.00. The van der Waals surface area contributed by atoms with Crippen LogP contribution in [0.4, 0.5) is 0 Å². The molecule has 10 heteroatoms. The van der Waals surface area contributed by atoms with Gasteiger partial charge in [-0.25, -0.2) is 9.78 Å². The molecular formula is C18H21N3O6S. The molecule has 0 atom stereocenters. The molecule has 2 heterocycles. The maximum absolute atomic E-state index is 12.7. The molecule has 0 saturated carbocycles. The monoisotopic (exact) mass is 407 g/mol. The Morgan fingerprint density at radius 2 is 1.82 bits per heavy atom. The van der Waals surface area contributed by atoms with Crippen LogP contribution < -0.4 is 5.56 Å². The number of hydrogen-bond donors (Lipinski definition) is 2. The lowest BCUT2D eigenvalue weighted by Gasteiger charge is -2.06. The number of thioether (sulfide) groups is 1. The minimum Gasteiger partial charge on any atom is -0.469 e. The van der Waals surface area contributed by atoms with Crippen LogP contribution in [0, 0.1) is 13.8 Å². The third kappa shape index (κ3) is 5.10. The van der Waals surface area contributed by atoms with Gasteiger partial charge in [0.25, 0.3) is 5.56 Å². The van der Waals surface area contributed by atoms with Crippen molar-refractivity contribution < 1.29 is 23.9 Å². The topological polar surface area (TPSA) is 131 Å². The van der Waals surface area contributed by atoms with Gasteiger partial charge in [0, 0.05) is 17.5 Å². The van der Waals surface area contributed by atoms with Gasteiger partial charge in [-0.2, -0.15) is 0 Å². The van der Waals surface area contributed by atoms with E-state index in [1.54, 1.807) is 20.8 Å². The number of ether oxygens (including phenoxy) is 2. The highest BCUT2D eigenvalue weighted by molar-refractivity contribution is 7.99. The quantitative estimate of drug-likeness (QED) is 0.292. The van der Waals surface area contributed by atoms with E-state index in [1.165, 1.54) is 13.2 Å². The van der Waals surface area contributed by atoms with Crippen LogP contribution in [0.5, 0.6) is 0 Å². The molecular weight excluding hydrogens is 386 g/mol. The molecule has 0 radical (unpaired) electrons. The van der Waals surface area contributed by atoms with Gasteiger partial charge in [-0.1, -0.05) is 11.8 Å². The summed E-state index contributed by atoms with van der Waals surface area (Å²) in [7, 11) is 1.24. The molecule has 2 aromatic rings. The van der Waals surface area contributed by atoms with Crippen molar-refractivity contribution >= 4 is 29.5 Å². The molecule has 0 fully saturated rings. The van der Waals surface area contributed by atoms with E-state index in [1.807, 2.05) is 0 Å². The highest BCUT2D eigenvalue weighted by Crippen LogP contribution is 2.23. The molecule has 0 aliphatic carbocycles. The van der Waals surface area contributed by atoms with E-state index in [-0.39, 0.29) is 46.5 Å². The molecule has 2 rings (SSSR count). The fourth-order valence-electron chi connectivity index (χ4n) is 2.66. The van der Waals surface area contributed by atoms with Crippen molar-refractivity contribution in [3.63, 3.8) is 0 Å². The minimum absolute atomic E-state index is 0.0604. The number of methoxy groups -OCH3 is 1. The fourth-order valence-corrected chi connectivity index (χ4v) is 3.42. The third-order valence-corrected chi connectivity index (χ3v) is 4.67. The largest absolute Gasteiger partial charge is 0.469 e. The van der Waals surface area contributed by atoms with E-state index in [4.69, 9.17) is 4.74 Å². The summed E-state index contributed by atoms with van der Waals surface area (Å²) in [4.78, 5) is 57.7. The lowest BCUT2D eigenvalue weighted by Crippen LogP contribution is -2.15. The number of Topliss-reactive ketones (excluding diaryl/α,β-unsaturated/α-hetero) is 1. The number of ketones is 1. The van der Waals surface area contributed by atoms with Crippen molar-refractivity contribution in [1.82, 2.24) is 15.0 Å². The maximum atomic E-state index is 12.7. The molecule has 0 aliphatic rings. The van der Waals surface area contributed by atoms with Gasteiger partial charge in [-0.3, -0.25) is 14.4 Å². The molecule has 9 nitrogen and oxygen atoms in total. The minimum atomic E-state index is -0.565. The van der Waals surface area contributed by atoms with Crippen LogP contribution in [-0.2, 0) is 20.7 Å². The summed E-state index contributed by atoms with van der Waals surface area (Å²) in [6.45, 7) is 5.28. The van der Waals surface area contributed by atoms with Gasteiger partial charge in [-0.15, -0.1) is 0 Å². The zero-order valence-corrected chi connectivity index (χ0v) is 16.8. The van der Waals surface area contributed by atoms with Crippen LogP contribution in [0.15, 0.2) is 16.0 Å². The van der Waals surface area contributed by atoms with E-state index in [0.717, 1.165) is 11.8 Å². The Morgan fingerprint density at radius 3 is 2.46 bits per heavy atom. The molecule has 0 aromatic carbocycles. The number of hydrogen-bond acceptors (Lipinski definition) is 8. The Labute approximate surface area is 165 Å². The number of carbonyl (C=O) groups is 3. The third-order valence-electron chi connectivity index (χ3n) is 3.80.